The third kappa shape index (κ3) is 3.03. The van der Waals surface area contributed by atoms with Crippen LogP contribution >= 0.6 is 0 Å². The van der Waals surface area contributed by atoms with Crippen molar-refractivity contribution >= 4 is 17.5 Å². The van der Waals surface area contributed by atoms with Crippen LogP contribution in [0.15, 0.2) is 5.10 Å². The summed E-state index contributed by atoms with van der Waals surface area (Å²) in [5, 5.41) is 6.61. The van der Waals surface area contributed by atoms with E-state index in [1.165, 1.54) is 0 Å². The zero-order valence-corrected chi connectivity index (χ0v) is 9.86. The Morgan fingerprint density at radius 2 is 2.41 bits per heavy atom. The molecule has 6 heteroatoms. The van der Waals surface area contributed by atoms with Gasteiger partial charge < -0.3 is 10.1 Å². The summed E-state index contributed by atoms with van der Waals surface area (Å²) in [4.78, 5) is 22.7. The van der Waals surface area contributed by atoms with Gasteiger partial charge in [0.1, 0.15) is 5.71 Å². The Kier molecular flexibility index (Phi) is 3.73. The molecule has 6 nitrogen and oxygen atoms in total. The first-order valence-electron chi connectivity index (χ1n) is 5.94. The molecule has 0 aromatic carbocycles. The number of nitrogens with zero attached hydrogens (tertiary/aromatic N) is 1. The second kappa shape index (κ2) is 5.27. The maximum absolute atomic E-state index is 11.8. The number of hydrazone groups is 1. The average Bonchev–Trinajstić information content (AvgIpc) is 2.83. The Bertz CT molecular complexity index is 348. The van der Waals surface area contributed by atoms with E-state index in [0.29, 0.717) is 18.6 Å². The molecule has 2 N–H and O–H groups in total. The van der Waals surface area contributed by atoms with Crippen molar-refractivity contribution < 1.29 is 14.3 Å². The van der Waals surface area contributed by atoms with Gasteiger partial charge in [-0.1, -0.05) is 0 Å². The second-order valence-corrected chi connectivity index (χ2v) is 4.41. The average molecular weight is 239 g/mol. The van der Waals surface area contributed by atoms with Crippen LogP contribution in [0, 0.1) is 0 Å². The van der Waals surface area contributed by atoms with Gasteiger partial charge in [0.05, 0.1) is 12.1 Å². The summed E-state index contributed by atoms with van der Waals surface area (Å²) in [6, 6.07) is -0.0228. The highest BCUT2D eigenvalue weighted by molar-refractivity contribution is 6.39. The van der Waals surface area contributed by atoms with Crippen LogP contribution in [0.2, 0.25) is 0 Å². The molecule has 2 amide bonds. The summed E-state index contributed by atoms with van der Waals surface area (Å²) in [5.41, 5.74) is 2.70. The van der Waals surface area contributed by atoms with Crippen molar-refractivity contribution in [2.45, 2.75) is 44.8 Å². The van der Waals surface area contributed by atoms with Gasteiger partial charge in [-0.05, 0) is 19.8 Å². The van der Waals surface area contributed by atoms with Crippen LogP contribution in [0.4, 0.5) is 0 Å². The SMILES string of the molecule is CC(NC(=O)C1=NNC(=O)CC1)C1CCCO1. The molecule has 2 aliphatic heterocycles. The van der Waals surface area contributed by atoms with Crippen LogP contribution in [-0.2, 0) is 14.3 Å². The lowest BCUT2D eigenvalue weighted by Gasteiger charge is -2.21. The molecule has 0 aromatic heterocycles. The molecule has 2 atom stereocenters. The zero-order chi connectivity index (χ0) is 12.3. The van der Waals surface area contributed by atoms with Gasteiger partial charge in [-0.15, -0.1) is 0 Å². The molecule has 1 fully saturated rings. The van der Waals surface area contributed by atoms with Crippen LogP contribution in [0.25, 0.3) is 0 Å². The van der Waals surface area contributed by atoms with E-state index in [4.69, 9.17) is 4.74 Å². The fraction of sp³-hybridized carbons (Fsp3) is 0.727. The molecule has 94 valence electrons. The predicted molar refractivity (Wildman–Crippen MR) is 61.4 cm³/mol. The van der Waals surface area contributed by atoms with E-state index in [2.05, 4.69) is 15.8 Å². The van der Waals surface area contributed by atoms with Gasteiger partial charge >= 0.3 is 0 Å². The fourth-order valence-electron chi connectivity index (χ4n) is 2.02. The molecule has 0 bridgehead atoms. The smallest absolute Gasteiger partial charge is 0.267 e. The van der Waals surface area contributed by atoms with E-state index >= 15 is 0 Å². The van der Waals surface area contributed by atoms with Gasteiger partial charge in [0.2, 0.25) is 5.91 Å². The molecule has 0 aromatic rings. The Hall–Kier alpha value is -1.43. The predicted octanol–water partition coefficient (Wildman–Crippen LogP) is -0.0639. The summed E-state index contributed by atoms with van der Waals surface area (Å²) < 4.78 is 5.50. The van der Waals surface area contributed by atoms with Crippen molar-refractivity contribution in [3.8, 4) is 0 Å². The first-order chi connectivity index (χ1) is 8.16. The number of nitrogens with one attached hydrogen (secondary N) is 2. The highest BCUT2D eigenvalue weighted by atomic mass is 16.5. The van der Waals surface area contributed by atoms with E-state index in [1.54, 1.807) is 0 Å². The summed E-state index contributed by atoms with van der Waals surface area (Å²) in [6.45, 7) is 2.69. The molecule has 2 rings (SSSR count). The number of amides is 2. The quantitative estimate of drug-likeness (QED) is 0.724. The minimum atomic E-state index is -0.215. The minimum absolute atomic E-state index is 0.0228. The third-order valence-corrected chi connectivity index (χ3v) is 3.05. The molecular weight excluding hydrogens is 222 g/mol. The van der Waals surface area contributed by atoms with Crippen molar-refractivity contribution in [1.82, 2.24) is 10.7 Å². The van der Waals surface area contributed by atoms with Crippen LogP contribution in [0.1, 0.15) is 32.6 Å². The number of rotatable bonds is 3. The lowest BCUT2D eigenvalue weighted by Crippen LogP contribution is -2.45. The molecule has 0 spiro atoms. The van der Waals surface area contributed by atoms with Gasteiger partial charge in [0.25, 0.3) is 5.91 Å². The van der Waals surface area contributed by atoms with Crippen molar-refractivity contribution in [3.05, 3.63) is 0 Å². The van der Waals surface area contributed by atoms with Crippen LogP contribution < -0.4 is 10.7 Å². The molecule has 2 unspecified atom stereocenters. The Morgan fingerprint density at radius 3 is 3.00 bits per heavy atom. The fourth-order valence-corrected chi connectivity index (χ4v) is 2.02. The van der Waals surface area contributed by atoms with Gasteiger partial charge in [-0.3, -0.25) is 9.59 Å². The summed E-state index contributed by atoms with van der Waals surface area (Å²) in [5.74, 6) is -0.360. The Labute approximate surface area is 99.8 Å². The first-order valence-corrected chi connectivity index (χ1v) is 5.94. The van der Waals surface area contributed by atoms with Gasteiger partial charge in [-0.25, -0.2) is 5.43 Å². The first kappa shape index (κ1) is 12.0. The third-order valence-electron chi connectivity index (χ3n) is 3.05. The van der Waals surface area contributed by atoms with E-state index in [-0.39, 0.29) is 24.0 Å². The lowest BCUT2D eigenvalue weighted by molar-refractivity contribution is -0.121. The van der Waals surface area contributed by atoms with E-state index < -0.39 is 0 Å². The molecule has 2 heterocycles. The van der Waals surface area contributed by atoms with E-state index in [9.17, 15) is 9.59 Å². The molecule has 2 aliphatic rings. The Balaban J connectivity index is 1.86. The number of hydrogen-bond acceptors (Lipinski definition) is 4. The normalized spacial score (nSPS) is 26.1. The summed E-state index contributed by atoms with van der Waals surface area (Å²) in [7, 11) is 0. The van der Waals surface area contributed by atoms with Crippen molar-refractivity contribution in [2.75, 3.05) is 6.61 Å². The molecular formula is C11H17N3O3. The zero-order valence-electron chi connectivity index (χ0n) is 9.86. The van der Waals surface area contributed by atoms with Crippen LogP contribution in [0.3, 0.4) is 0 Å². The molecule has 17 heavy (non-hydrogen) atoms. The van der Waals surface area contributed by atoms with Gasteiger partial charge in [0, 0.05) is 19.4 Å². The topological polar surface area (TPSA) is 79.8 Å². The molecule has 0 radical (unpaired) electrons. The van der Waals surface area contributed by atoms with Gasteiger partial charge in [-0.2, -0.15) is 5.10 Å². The lowest BCUT2D eigenvalue weighted by atomic mass is 10.1. The van der Waals surface area contributed by atoms with Crippen molar-refractivity contribution in [2.24, 2.45) is 5.10 Å². The molecule has 0 saturated carbocycles. The van der Waals surface area contributed by atoms with E-state index in [1.807, 2.05) is 6.92 Å². The number of ether oxygens (including phenoxy) is 1. The van der Waals surface area contributed by atoms with Crippen molar-refractivity contribution in [3.63, 3.8) is 0 Å². The highest BCUT2D eigenvalue weighted by Gasteiger charge is 2.26. The second-order valence-electron chi connectivity index (χ2n) is 4.41. The largest absolute Gasteiger partial charge is 0.376 e. The van der Waals surface area contributed by atoms with Gasteiger partial charge in [0.15, 0.2) is 0 Å². The van der Waals surface area contributed by atoms with E-state index in [0.717, 1.165) is 19.4 Å². The van der Waals surface area contributed by atoms with Crippen LogP contribution in [-0.4, -0.2) is 36.3 Å². The van der Waals surface area contributed by atoms with Crippen LogP contribution in [0.5, 0.6) is 0 Å². The maximum Gasteiger partial charge on any atom is 0.267 e. The number of hydrogen-bond donors (Lipinski definition) is 2. The molecule has 1 saturated heterocycles. The summed E-state index contributed by atoms with van der Waals surface area (Å²) >= 11 is 0. The number of carbonyl (C=O) groups excluding carboxylic acids is 2. The highest BCUT2D eigenvalue weighted by Crippen LogP contribution is 2.15. The Morgan fingerprint density at radius 1 is 1.59 bits per heavy atom. The minimum Gasteiger partial charge on any atom is -0.376 e. The molecule has 0 aliphatic carbocycles. The van der Waals surface area contributed by atoms with Crippen molar-refractivity contribution in [1.29, 1.82) is 0 Å². The maximum atomic E-state index is 11.8. The standard InChI is InChI=1S/C11H17N3O3/c1-7(9-3-2-6-17-9)12-11(16)8-4-5-10(15)14-13-8/h7,9H,2-6H2,1H3,(H,12,16)(H,14,15). The summed E-state index contributed by atoms with van der Waals surface area (Å²) in [6.07, 6.45) is 2.83. The monoisotopic (exact) mass is 239 g/mol. The number of carbonyl (C=O) groups is 2.